The number of unbranched alkanes of at least 4 members (excludes halogenated alkanes) is 3. The lowest BCUT2D eigenvalue weighted by Crippen LogP contribution is -2.23. The van der Waals surface area contributed by atoms with Crippen molar-refractivity contribution in [2.75, 3.05) is 13.2 Å². The van der Waals surface area contributed by atoms with E-state index in [2.05, 4.69) is 6.92 Å². The first kappa shape index (κ1) is 23.9. The fourth-order valence-electron chi connectivity index (χ4n) is 2.74. The van der Waals surface area contributed by atoms with E-state index in [0.717, 1.165) is 36.8 Å². The smallest absolute Gasteiger partial charge is 0.345 e. The zero-order valence-electron chi connectivity index (χ0n) is 18.1. The summed E-state index contributed by atoms with van der Waals surface area (Å²) >= 11 is 0. The van der Waals surface area contributed by atoms with Crippen LogP contribution in [0.2, 0.25) is 0 Å². The molecule has 28 heavy (non-hydrogen) atoms. The molecule has 4 nitrogen and oxygen atoms in total. The van der Waals surface area contributed by atoms with Crippen molar-refractivity contribution in [3.05, 3.63) is 41.5 Å². The molecule has 1 aromatic rings. The Labute approximate surface area is 170 Å². The van der Waals surface area contributed by atoms with Crippen molar-refractivity contribution in [3.8, 4) is 0 Å². The van der Waals surface area contributed by atoms with E-state index in [4.69, 9.17) is 9.47 Å². The van der Waals surface area contributed by atoms with E-state index in [0.29, 0.717) is 6.42 Å². The number of carbonyl (C=O) groups excluding carboxylic acids is 2. The van der Waals surface area contributed by atoms with Gasteiger partial charge in [-0.25, -0.2) is 9.59 Å². The second-order valence-corrected chi connectivity index (χ2v) is 8.01. The van der Waals surface area contributed by atoms with Gasteiger partial charge < -0.3 is 9.47 Å². The molecule has 0 saturated carbocycles. The second-order valence-electron chi connectivity index (χ2n) is 8.01. The summed E-state index contributed by atoms with van der Waals surface area (Å²) in [6.45, 7) is 10.6. The van der Waals surface area contributed by atoms with Crippen LogP contribution in [0.3, 0.4) is 0 Å². The third kappa shape index (κ3) is 8.73. The van der Waals surface area contributed by atoms with Crippen LogP contribution in [0.4, 0.5) is 0 Å². The van der Waals surface area contributed by atoms with E-state index in [-0.39, 0.29) is 30.6 Å². The molecule has 0 N–H and O–H groups in total. The van der Waals surface area contributed by atoms with Crippen LogP contribution < -0.4 is 0 Å². The third-order valence-corrected chi connectivity index (χ3v) is 4.21. The number of rotatable bonds is 12. The molecule has 0 heterocycles. The average molecular weight is 389 g/mol. The maximum atomic E-state index is 12.9. The normalized spacial score (nSPS) is 10.8. The maximum Gasteiger partial charge on any atom is 0.345 e. The molecular formula is C24H36O4. The zero-order valence-corrected chi connectivity index (χ0v) is 18.1. The molecule has 156 valence electrons. The van der Waals surface area contributed by atoms with Crippen LogP contribution in [0.15, 0.2) is 35.9 Å². The van der Waals surface area contributed by atoms with Gasteiger partial charge in [0.25, 0.3) is 0 Å². The summed E-state index contributed by atoms with van der Waals surface area (Å²) in [5, 5.41) is 0. The topological polar surface area (TPSA) is 52.6 Å². The summed E-state index contributed by atoms with van der Waals surface area (Å²) in [4.78, 5) is 25.7. The van der Waals surface area contributed by atoms with E-state index in [1.807, 2.05) is 58.0 Å². The first-order valence-electron chi connectivity index (χ1n) is 10.5. The first-order valence-corrected chi connectivity index (χ1v) is 10.5. The molecule has 4 heteroatoms. The van der Waals surface area contributed by atoms with Crippen LogP contribution in [-0.4, -0.2) is 25.2 Å². The van der Waals surface area contributed by atoms with Crippen molar-refractivity contribution in [2.24, 2.45) is 11.8 Å². The summed E-state index contributed by atoms with van der Waals surface area (Å²) in [6, 6.07) is 9.61. The van der Waals surface area contributed by atoms with Crippen LogP contribution in [0.1, 0.15) is 72.3 Å². The van der Waals surface area contributed by atoms with Gasteiger partial charge in [0.2, 0.25) is 0 Å². The summed E-state index contributed by atoms with van der Waals surface area (Å²) in [5.41, 5.74) is 1.64. The standard InChI is InChI=1S/C24H36O4/c1-6-7-8-12-15-21(20-13-10-9-11-14-20)22(23(25)27-16-18(2)3)24(26)28-17-19(4)5/h9-11,13-14,18-19H,6-8,12,15-17H2,1-5H3. The first-order chi connectivity index (χ1) is 13.4. The molecule has 0 bridgehead atoms. The summed E-state index contributed by atoms with van der Waals surface area (Å²) in [5.74, 6) is -0.781. The molecule has 0 amide bonds. The summed E-state index contributed by atoms with van der Waals surface area (Å²) in [6.07, 6.45) is 4.88. The van der Waals surface area contributed by atoms with Crippen LogP contribution in [-0.2, 0) is 19.1 Å². The highest BCUT2D eigenvalue weighted by Crippen LogP contribution is 2.27. The number of benzene rings is 1. The van der Waals surface area contributed by atoms with Gasteiger partial charge in [-0.3, -0.25) is 0 Å². The van der Waals surface area contributed by atoms with Gasteiger partial charge in [0, 0.05) is 0 Å². The number of esters is 2. The summed E-state index contributed by atoms with van der Waals surface area (Å²) in [7, 11) is 0. The van der Waals surface area contributed by atoms with Crippen molar-refractivity contribution in [2.45, 2.75) is 66.7 Å². The maximum absolute atomic E-state index is 12.9. The minimum absolute atomic E-state index is 0.0454. The SMILES string of the molecule is CCCCCCC(=C(C(=O)OCC(C)C)C(=O)OCC(C)C)c1ccccc1. The molecule has 0 aliphatic rings. The number of allylic oxidation sites excluding steroid dienone is 1. The fourth-order valence-corrected chi connectivity index (χ4v) is 2.74. The highest BCUT2D eigenvalue weighted by molar-refractivity contribution is 6.20. The predicted octanol–water partition coefficient (Wildman–Crippen LogP) is 5.81. The number of ether oxygens (including phenoxy) is 2. The molecule has 0 fully saturated rings. The van der Waals surface area contributed by atoms with Crippen molar-refractivity contribution in [1.82, 2.24) is 0 Å². The highest BCUT2D eigenvalue weighted by atomic mass is 16.6. The van der Waals surface area contributed by atoms with Crippen LogP contribution in [0, 0.1) is 11.8 Å². The van der Waals surface area contributed by atoms with Gasteiger partial charge >= 0.3 is 11.9 Å². The Kier molecular flexibility index (Phi) is 11.2. The van der Waals surface area contributed by atoms with Gasteiger partial charge in [-0.2, -0.15) is 0 Å². The molecule has 0 unspecified atom stereocenters. The lowest BCUT2D eigenvalue weighted by molar-refractivity contribution is -0.148. The average Bonchev–Trinajstić information content (AvgIpc) is 2.67. The van der Waals surface area contributed by atoms with Gasteiger partial charge in [0.1, 0.15) is 5.57 Å². The van der Waals surface area contributed by atoms with Crippen molar-refractivity contribution in [1.29, 1.82) is 0 Å². The fraction of sp³-hybridized carbons (Fsp3) is 0.583. The molecule has 0 spiro atoms. The van der Waals surface area contributed by atoms with E-state index >= 15 is 0 Å². The van der Waals surface area contributed by atoms with E-state index < -0.39 is 11.9 Å². The Morgan fingerprint density at radius 3 is 1.82 bits per heavy atom. The molecule has 0 aliphatic carbocycles. The Bertz CT molecular complexity index is 603. The van der Waals surface area contributed by atoms with Crippen LogP contribution >= 0.6 is 0 Å². The number of hydrogen-bond acceptors (Lipinski definition) is 4. The lowest BCUT2D eigenvalue weighted by atomic mass is 9.94. The van der Waals surface area contributed by atoms with Crippen molar-refractivity contribution >= 4 is 17.5 Å². The van der Waals surface area contributed by atoms with E-state index in [1.54, 1.807) is 0 Å². The quantitative estimate of drug-likeness (QED) is 0.149. The van der Waals surface area contributed by atoms with Gasteiger partial charge in [0.05, 0.1) is 13.2 Å². The van der Waals surface area contributed by atoms with Crippen LogP contribution in [0.5, 0.6) is 0 Å². The number of hydrogen-bond donors (Lipinski definition) is 0. The largest absolute Gasteiger partial charge is 0.462 e. The van der Waals surface area contributed by atoms with Gasteiger partial charge in [-0.1, -0.05) is 84.2 Å². The zero-order chi connectivity index (χ0) is 20.9. The number of carbonyl (C=O) groups is 2. The van der Waals surface area contributed by atoms with E-state index in [9.17, 15) is 9.59 Å². The minimum Gasteiger partial charge on any atom is -0.462 e. The Morgan fingerprint density at radius 1 is 0.821 bits per heavy atom. The Morgan fingerprint density at radius 2 is 1.36 bits per heavy atom. The van der Waals surface area contributed by atoms with Gasteiger partial charge in [-0.05, 0) is 35.8 Å². The Balaban J connectivity index is 3.27. The Hall–Kier alpha value is -2.10. The second kappa shape index (κ2) is 13.1. The van der Waals surface area contributed by atoms with Crippen LogP contribution in [0.25, 0.3) is 5.57 Å². The molecule has 1 aromatic carbocycles. The van der Waals surface area contributed by atoms with Gasteiger partial charge in [-0.15, -0.1) is 0 Å². The van der Waals surface area contributed by atoms with Crippen molar-refractivity contribution < 1.29 is 19.1 Å². The monoisotopic (exact) mass is 388 g/mol. The highest BCUT2D eigenvalue weighted by Gasteiger charge is 2.27. The predicted molar refractivity (Wildman–Crippen MR) is 114 cm³/mol. The lowest BCUT2D eigenvalue weighted by Gasteiger charge is -2.16. The van der Waals surface area contributed by atoms with Gasteiger partial charge in [0.15, 0.2) is 0 Å². The minimum atomic E-state index is -0.586. The molecule has 1 rings (SSSR count). The molecular weight excluding hydrogens is 352 g/mol. The molecule has 0 saturated heterocycles. The van der Waals surface area contributed by atoms with Crippen molar-refractivity contribution in [3.63, 3.8) is 0 Å². The third-order valence-electron chi connectivity index (χ3n) is 4.21. The molecule has 0 atom stereocenters. The molecule has 0 aliphatic heterocycles. The summed E-state index contributed by atoms with van der Waals surface area (Å²) < 4.78 is 10.9. The molecule has 0 aromatic heterocycles. The molecule has 0 radical (unpaired) electrons. The van der Waals surface area contributed by atoms with E-state index in [1.165, 1.54) is 0 Å².